The maximum absolute atomic E-state index is 5.74. The Morgan fingerprint density at radius 2 is 1.87 bits per heavy atom. The number of ether oxygens (including phenoxy) is 1. The summed E-state index contributed by atoms with van der Waals surface area (Å²) in [6.45, 7) is 9.84. The minimum Gasteiger partial charge on any atom is -0.498 e. The lowest BCUT2D eigenvalue weighted by Crippen LogP contribution is -2.04. The van der Waals surface area contributed by atoms with E-state index in [0.29, 0.717) is 5.92 Å². The summed E-state index contributed by atoms with van der Waals surface area (Å²) in [4.78, 5) is 0. The van der Waals surface area contributed by atoms with Crippen LogP contribution in [0.3, 0.4) is 0 Å². The fourth-order valence-corrected chi connectivity index (χ4v) is 1.66. The van der Waals surface area contributed by atoms with Crippen molar-refractivity contribution in [2.75, 3.05) is 6.61 Å². The Bertz CT molecular complexity index is 246. The van der Waals surface area contributed by atoms with E-state index in [4.69, 9.17) is 4.74 Å². The zero-order valence-corrected chi connectivity index (χ0v) is 10.5. The third-order valence-corrected chi connectivity index (χ3v) is 2.87. The van der Waals surface area contributed by atoms with Crippen LogP contribution in [0.2, 0.25) is 0 Å². The van der Waals surface area contributed by atoms with Gasteiger partial charge in [0.25, 0.3) is 0 Å². The summed E-state index contributed by atoms with van der Waals surface area (Å²) in [5.41, 5.74) is 1.55. The normalized spacial score (nSPS) is 16.7. The molecule has 0 spiro atoms. The highest BCUT2D eigenvalue weighted by molar-refractivity contribution is 5.22. The predicted molar refractivity (Wildman–Crippen MR) is 65.6 cm³/mol. The van der Waals surface area contributed by atoms with Crippen LogP contribution in [0.1, 0.15) is 47.0 Å². The molecule has 0 saturated heterocycles. The van der Waals surface area contributed by atoms with Gasteiger partial charge in [-0.05, 0) is 30.8 Å². The molecule has 0 aliphatic heterocycles. The van der Waals surface area contributed by atoms with Gasteiger partial charge in [0.15, 0.2) is 0 Å². The molecule has 0 amide bonds. The second-order valence-corrected chi connectivity index (χ2v) is 5.06. The third kappa shape index (κ3) is 4.55. The van der Waals surface area contributed by atoms with Crippen molar-refractivity contribution >= 4 is 0 Å². The Kier molecular flexibility index (Phi) is 4.93. The van der Waals surface area contributed by atoms with Crippen molar-refractivity contribution in [2.45, 2.75) is 47.0 Å². The van der Waals surface area contributed by atoms with E-state index in [2.05, 4.69) is 39.8 Å². The first kappa shape index (κ1) is 12.4. The van der Waals surface area contributed by atoms with Gasteiger partial charge in [-0.3, -0.25) is 0 Å². The first-order valence-electron chi connectivity index (χ1n) is 6.12. The summed E-state index contributed by atoms with van der Waals surface area (Å²) >= 11 is 0. The maximum atomic E-state index is 5.74. The fraction of sp³-hybridized carbons (Fsp3) is 0.714. The van der Waals surface area contributed by atoms with Crippen LogP contribution < -0.4 is 0 Å². The van der Waals surface area contributed by atoms with Gasteiger partial charge in [0, 0.05) is 6.42 Å². The Morgan fingerprint density at radius 3 is 2.33 bits per heavy atom. The quantitative estimate of drug-likeness (QED) is 0.654. The summed E-state index contributed by atoms with van der Waals surface area (Å²) in [6, 6.07) is 0. The fourth-order valence-electron chi connectivity index (χ4n) is 1.66. The molecule has 0 aromatic heterocycles. The molecule has 1 aliphatic rings. The first-order chi connectivity index (χ1) is 7.09. The standard InChI is InChI=1S/C14H24O/c1-11(2)9-10-15-14-7-5-13(6-8-14)12(3)4/h5,7,11-12H,6,8-10H2,1-4H3. The van der Waals surface area contributed by atoms with Gasteiger partial charge in [-0.25, -0.2) is 0 Å². The molecule has 0 fully saturated rings. The zero-order valence-electron chi connectivity index (χ0n) is 10.5. The summed E-state index contributed by atoms with van der Waals surface area (Å²) in [5.74, 6) is 2.58. The third-order valence-electron chi connectivity index (χ3n) is 2.87. The van der Waals surface area contributed by atoms with Crippen molar-refractivity contribution in [3.63, 3.8) is 0 Å². The number of hydrogen-bond donors (Lipinski definition) is 0. The lowest BCUT2D eigenvalue weighted by molar-refractivity contribution is 0.185. The van der Waals surface area contributed by atoms with Crippen LogP contribution in [-0.2, 0) is 4.74 Å². The number of hydrogen-bond acceptors (Lipinski definition) is 1. The highest BCUT2D eigenvalue weighted by atomic mass is 16.5. The SMILES string of the molecule is CC(C)CCOC1=CC=C(C(C)C)CC1. The van der Waals surface area contributed by atoms with Crippen LogP contribution in [0.15, 0.2) is 23.5 Å². The highest BCUT2D eigenvalue weighted by Gasteiger charge is 2.09. The summed E-state index contributed by atoms with van der Waals surface area (Å²) in [7, 11) is 0. The van der Waals surface area contributed by atoms with Crippen molar-refractivity contribution in [2.24, 2.45) is 11.8 Å². The molecule has 1 aliphatic carbocycles. The van der Waals surface area contributed by atoms with Gasteiger partial charge in [-0.15, -0.1) is 0 Å². The van der Waals surface area contributed by atoms with Crippen LogP contribution in [0.5, 0.6) is 0 Å². The largest absolute Gasteiger partial charge is 0.498 e. The molecule has 0 heterocycles. The van der Waals surface area contributed by atoms with Crippen LogP contribution >= 0.6 is 0 Å². The molecular formula is C14H24O. The molecule has 0 bridgehead atoms. The second-order valence-electron chi connectivity index (χ2n) is 5.06. The minimum atomic E-state index is 0.679. The molecule has 0 atom stereocenters. The van der Waals surface area contributed by atoms with E-state index in [9.17, 15) is 0 Å². The van der Waals surface area contributed by atoms with Crippen molar-refractivity contribution in [1.29, 1.82) is 0 Å². The lowest BCUT2D eigenvalue weighted by Gasteiger charge is -2.18. The van der Waals surface area contributed by atoms with Crippen LogP contribution in [0.4, 0.5) is 0 Å². The Labute approximate surface area is 94.2 Å². The van der Waals surface area contributed by atoms with Crippen molar-refractivity contribution in [3.05, 3.63) is 23.5 Å². The van der Waals surface area contributed by atoms with Crippen LogP contribution in [0, 0.1) is 11.8 Å². The summed E-state index contributed by atoms with van der Waals surface area (Å²) < 4.78 is 5.74. The summed E-state index contributed by atoms with van der Waals surface area (Å²) in [6.07, 6.45) is 7.80. The maximum Gasteiger partial charge on any atom is 0.0962 e. The van der Waals surface area contributed by atoms with E-state index in [1.807, 2.05) is 0 Å². The van der Waals surface area contributed by atoms with Gasteiger partial charge in [-0.2, -0.15) is 0 Å². The molecule has 0 unspecified atom stereocenters. The van der Waals surface area contributed by atoms with Gasteiger partial charge in [-0.1, -0.05) is 39.3 Å². The van der Waals surface area contributed by atoms with E-state index >= 15 is 0 Å². The van der Waals surface area contributed by atoms with Crippen molar-refractivity contribution in [1.82, 2.24) is 0 Å². The average Bonchev–Trinajstić information content (AvgIpc) is 2.18. The van der Waals surface area contributed by atoms with Gasteiger partial charge >= 0.3 is 0 Å². The second kappa shape index (κ2) is 5.99. The monoisotopic (exact) mass is 208 g/mol. The van der Waals surface area contributed by atoms with Crippen molar-refractivity contribution < 1.29 is 4.74 Å². The molecule has 1 rings (SSSR count). The van der Waals surface area contributed by atoms with Gasteiger partial charge in [0.05, 0.1) is 12.4 Å². The zero-order chi connectivity index (χ0) is 11.3. The van der Waals surface area contributed by atoms with Gasteiger partial charge in [0.1, 0.15) is 0 Å². The van der Waals surface area contributed by atoms with E-state index < -0.39 is 0 Å². The topological polar surface area (TPSA) is 9.23 Å². The highest BCUT2D eigenvalue weighted by Crippen LogP contribution is 2.24. The minimum absolute atomic E-state index is 0.679. The molecule has 86 valence electrons. The van der Waals surface area contributed by atoms with Gasteiger partial charge in [0.2, 0.25) is 0 Å². The molecule has 0 aromatic rings. The Hall–Kier alpha value is -0.720. The van der Waals surface area contributed by atoms with Crippen LogP contribution in [-0.4, -0.2) is 6.61 Å². The lowest BCUT2D eigenvalue weighted by atomic mass is 9.94. The summed E-state index contributed by atoms with van der Waals surface area (Å²) in [5, 5.41) is 0. The molecule has 0 saturated carbocycles. The molecule has 0 radical (unpaired) electrons. The molecule has 0 N–H and O–H groups in total. The predicted octanol–water partition coefficient (Wildman–Crippen LogP) is 4.31. The first-order valence-corrected chi connectivity index (χ1v) is 6.12. The molecule has 1 nitrogen and oxygen atoms in total. The van der Waals surface area contributed by atoms with E-state index in [0.717, 1.165) is 25.4 Å². The Morgan fingerprint density at radius 1 is 1.13 bits per heavy atom. The average molecular weight is 208 g/mol. The Balaban J connectivity index is 2.33. The van der Waals surface area contributed by atoms with Crippen molar-refractivity contribution in [3.8, 4) is 0 Å². The molecule has 0 aromatic carbocycles. The number of allylic oxidation sites excluding steroid dienone is 4. The molecule has 15 heavy (non-hydrogen) atoms. The smallest absolute Gasteiger partial charge is 0.0962 e. The molecular weight excluding hydrogens is 184 g/mol. The van der Waals surface area contributed by atoms with E-state index in [-0.39, 0.29) is 0 Å². The number of rotatable bonds is 5. The van der Waals surface area contributed by atoms with Crippen LogP contribution in [0.25, 0.3) is 0 Å². The van der Waals surface area contributed by atoms with Gasteiger partial charge < -0.3 is 4.74 Å². The molecule has 1 heteroatoms. The van der Waals surface area contributed by atoms with E-state index in [1.54, 1.807) is 5.57 Å². The van der Waals surface area contributed by atoms with E-state index in [1.165, 1.54) is 12.2 Å².